The molecule has 1 amide bonds. The normalized spacial score (nSPS) is 11.2. The molecule has 0 aliphatic carbocycles. The lowest BCUT2D eigenvalue weighted by Crippen LogP contribution is -2.19. The number of carbonyl (C=O) groups is 1. The molecule has 20 heavy (non-hydrogen) atoms. The number of amides is 1. The van der Waals surface area contributed by atoms with Crippen LogP contribution in [0.2, 0.25) is 0 Å². The van der Waals surface area contributed by atoms with E-state index in [-0.39, 0.29) is 5.91 Å². The van der Waals surface area contributed by atoms with Gasteiger partial charge >= 0.3 is 0 Å². The van der Waals surface area contributed by atoms with Crippen molar-refractivity contribution in [3.63, 3.8) is 0 Å². The number of carbonyl (C=O) groups excluding carboxylic acids is 1. The highest BCUT2D eigenvalue weighted by Crippen LogP contribution is 2.11. The minimum atomic E-state index is -0.296. The van der Waals surface area contributed by atoms with E-state index in [1.54, 1.807) is 12.3 Å². The van der Waals surface area contributed by atoms with Crippen molar-refractivity contribution in [2.24, 2.45) is 5.10 Å². The van der Waals surface area contributed by atoms with Crippen molar-refractivity contribution >= 4 is 43.5 Å². The van der Waals surface area contributed by atoms with Gasteiger partial charge in [0.2, 0.25) is 0 Å². The highest BCUT2D eigenvalue weighted by molar-refractivity contribution is 9.10. The SMILES string of the molecule is C/C(=N/NC(=O)c1cncc(Br)c1)c1ccc(Br)cc1. The van der Waals surface area contributed by atoms with Crippen LogP contribution in [0.3, 0.4) is 0 Å². The summed E-state index contributed by atoms with van der Waals surface area (Å²) in [5, 5.41) is 4.09. The zero-order valence-corrected chi connectivity index (χ0v) is 13.8. The Bertz CT molecular complexity index is 654. The fourth-order valence-corrected chi connectivity index (χ4v) is 2.12. The maximum atomic E-state index is 11.9. The largest absolute Gasteiger partial charge is 0.272 e. The van der Waals surface area contributed by atoms with Crippen LogP contribution in [0.15, 0.2) is 56.8 Å². The Morgan fingerprint density at radius 3 is 2.45 bits per heavy atom. The summed E-state index contributed by atoms with van der Waals surface area (Å²) in [5.41, 5.74) is 4.64. The molecule has 1 aromatic carbocycles. The van der Waals surface area contributed by atoms with Gasteiger partial charge in [-0.15, -0.1) is 0 Å². The van der Waals surface area contributed by atoms with E-state index in [1.165, 1.54) is 6.20 Å². The summed E-state index contributed by atoms with van der Waals surface area (Å²) in [6, 6.07) is 9.39. The fraction of sp³-hybridized carbons (Fsp3) is 0.0714. The molecule has 4 nitrogen and oxygen atoms in total. The summed E-state index contributed by atoms with van der Waals surface area (Å²) < 4.78 is 1.75. The predicted octanol–water partition coefficient (Wildman–Crippen LogP) is 3.76. The number of hydrogen-bond donors (Lipinski definition) is 1. The molecule has 0 fully saturated rings. The second-order valence-electron chi connectivity index (χ2n) is 4.04. The Morgan fingerprint density at radius 1 is 1.10 bits per heavy atom. The molecule has 0 saturated carbocycles. The maximum Gasteiger partial charge on any atom is 0.272 e. The molecule has 0 radical (unpaired) electrons. The van der Waals surface area contributed by atoms with Crippen molar-refractivity contribution in [1.82, 2.24) is 10.4 Å². The van der Waals surface area contributed by atoms with Crippen LogP contribution >= 0.6 is 31.9 Å². The van der Waals surface area contributed by atoms with Gasteiger partial charge in [0.1, 0.15) is 0 Å². The average molecular weight is 397 g/mol. The number of nitrogens with zero attached hydrogens (tertiary/aromatic N) is 2. The molecule has 0 aliphatic heterocycles. The van der Waals surface area contributed by atoms with Gasteiger partial charge in [0.05, 0.1) is 11.3 Å². The molecule has 0 aliphatic rings. The molecular weight excluding hydrogens is 386 g/mol. The lowest BCUT2D eigenvalue weighted by molar-refractivity contribution is 0.0954. The molecule has 2 rings (SSSR count). The first-order valence-corrected chi connectivity index (χ1v) is 7.36. The molecule has 1 heterocycles. The number of hydrogen-bond acceptors (Lipinski definition) is 3. The molecule has 1 aromatic heterocycles. The van der Waals surface area contributed by atoms with E-state index in [0.29, 0.717) is 5.56 Å². The zero-order chi connectivity index (χ0) is 14.5. The van der Waals surface area contributed by atoms with Crippen LogP contribution in [0.1, 0.15) is 22.8 Å². The summed E-state index contributed by atoms with van der Waals surface area (Å²) in [6.07, 6.45) is 3.11. The van der Waals surface area contributed by atoms with E-state index >= 15 is 0 Å². The number of aromatic nitrogens is 1. The molecule has 0 bridgehead atoms. The first-order valence-electron chi connectivity index (χ1n) is 5.77. The van der Waals surface area contributed by atoms with Gasteiger partial charge in [-0.05, 0) is 46.6 Å². The quantitative estimate of drug-likeness (QED) is 0.634. The minimum absolute atomic E-state index is 0.296. The van der Waals surface area contributed by atoms with E-state index in [1.807, 2.05) is 31.2 Å². The summed E-state index contributed by atoms with van der Waals surface area (Å²) >= 11 is 6.64. The summed E-state index contributed by atoms with van der Waals surface area (Å²) in [5.74, 6) is -0.296. The Labute approximate surface area is 133 Å². The van der Waals surface area contributed by atoms with Gasteiger partial charge in [0.15, 0.2) is 0 Å². The van der Waals surface area contributed by atoms with Crippen molar-refractivity contribution in [2.45, 2.75) is 6.92 Å². The van der Waals surface area contributed by atoms with E-state index in [9.17, 15) is 4.79 Å². The average Bonchev–Trinajstić information content (AvgIpc) is 2.45. The highest BCUT2D eigenvalue weighted by atomic mass is 79.9. The number of benzene rings is 1. The van der Waals surface area contributed by atoms with Crippen LogP contribution in [-0.4, -0.2) is 16.6 Å². The van der Waals surface area contributed by atoms with Crippen LogP contribution in [0.5, 0.6) is 0 Å². The third kappa shape index (κ3) is 3.98. The van der Waals surface area contributed by atoms with Gasteiger partial charge in [0, 0.05) is 21.3 Å². The standard InChI is InChI=1S/C14H11Br2N3O/c1-9(10-2-4-12(15)5-3-10)18-19-14(20)11-6-13(16)8-17-7-11/h2-8H,1H3,(H,19,20)/b18-9-. The third-order valence-corrected chi connectivity index (χ3v) is 3.52. The van der Waals surface area contributed by atoms with Gasteiger partial charge < -0.3 is 0 Å². The summed E-state index contributed by atoms with van der Waals surface area (Å²) in [4.78, 5) is 15.8. The predicted molar refractivity (Wildman–Crippen MR) is 85.8 cm³/mol. The van der Waals surface area contributed by atoms with E-state index in [2.05, 4.69) is 47.4 Å². The van der Waals surface area contributed by atoms with Gasteiger partial charge in [0.25, 0.3) is 5.91 Å². The minimum Gasteiger partial charge on any atom is -0.267 e. The molecule has 1 N–H and O–H groups in total. The van der Waals surface area contributed by atoms with Gasteiger partial charge in [-0.2, -0.15) is 5.10 Å². The van der Waals surface area contributed by atoms with Crippen molar-refractivity contribution < 1.29 is 4.79 Å². The topological polar surface area (TPSA) is 54.4 Å². The number of halogens is 2. The van der Waals surface area contributed by atoms with Crippen LogP contribution in [0.25, 0.3) is 0 Å². The Morgan fingerprint density at radius 2 is 1.80 bits per heavy atom. The molecule has 102 valence electrons. The molecule has 0 atom stereocenters. The van der Waals surface area contributed by atoms with E-state index in [4.69, 9.17) is 0 Å². The van der Waals surface area contributed by atoms with Crippen molar-refractivity contribution in [2.75, 3.05) is 0 Å². The maximum absolute atomic E-state index is 11.9. The van der Waals surface area contributed by atoms with E-state index in [0.717, 1.165) is 20.2 Å². The molecule has 2 aromatic rings. The Kier molecular flexibility index (Phi) is 5.03. The van der Waals surface area contributed by atoms with Crippen LogP contribution in [0, 0.1) is 0 Å². The highest BCUT2D eigenvalue weighted by Gasteiger charge is 2.06. The zero-order valence-electron chi connectivity index (χ0n) is 10.6. The molecule has 0 unspecified atom stereocenters. The summed E-state index contributed by atoms with van der Waals surface area (Å²) in [7, 11) is 0. The van der Waals surface area contributed by atoms with Crippen LogP contribution in [-0.2, 0) is 0 Å². The summed E-state index contributed by atoms with van der Waals surface area (Å²) in [6.45, 7) is 1.84. The van der Waals surface area contributed by atoms with Crippen molar-refractivity contribution in [3.8, 4) is 0 Å². The number of nitrogens with one attached hydrogen (secondary N) is 1. The Hall–Kier alpha value is -1.53. The first-order chi connectivity index (χ1) is 9.56. The lowest BCUT2D eigenvalue weighted by atomic mass is 10.1. The van der Waals surface area contributed by atoms with Crippen LogP contribution in [0.4, 0.5) is 0 Å². The smallest absolute Gasteiger partial charge is 0.267 e. The molecule has 0 spiro atoms. The van der Waals surface area contributed by atoms with Crippen molar-refractivity contribution in [3.05, 3.63) is 62.8 Å². The monoisotopic (exact) mass is 395 g/mol. The third-order valence-electron chi connectivity index (χ3n) is 2.55. The van der Waals surface area contributed by atoms with Gasteiger partial charge in [-0.1, -0.05) is 28.1 Å². The lowest BCUT2D eigenvalue weighted by Gasteiger charge is -2.03. The number of pyridine rings is 1. The number of rotatable bonds is 3. The second-order valence-corrected chi connectivity index (χ2v) is 5.87. The van der Waals surface area contributed by atoms with E-state index < -0.39 is 0 Å². The second kappa shape index (κ2) is 6.76. The fourth-order valence-electron chi connectivity index (χ4n) is 1.49. The molecule has 6 heteroatoms. The van der Waals surface area contributed by atoms with Crippen LogP contribution < -0.4 is 5.43 Å². The Balaban J connectivity index is 2.08. The van der Waals surface area contributed by atoms with Gasteiger partial charge in [-0.3, -0.25) is 9.78 Å². The molecular formula is C14H11Br2N3O. The van der Waals surface area contributed by atoms with Crippen molar-refractivity contribution in [1.29, 1.82) is 0 Å². The first kappa shape index (κ1) is 14.9. The number of hydrazone groups is 1. The van der Waals surface area contributed by atoms with Gasteiger partial charge in [-0.25, -0.2) is 5.43 Å². The molecule has 0 saturated heterocycles.